The number of carbonyl (C=O) groups is 3. The highest BCUT2D eigenvalue weighted by molar-refractivity contribution is 7.10. The number of nitrogens with zero attached hydrogens (tertiary/aromatic N) is 3. The lowest BCUT2D eigenvalue weighted by atomic mass is 9.80. The molecular weight excluding hydrogens is 438 g/mol. The molecule has 176 valence electrons. The van der Waals surface area contributed by atoms with E-state index in [-0.39, 0.29) is 29.9 Å². The molecule has 2 aromatic rings. The number of ether oxygens (including phenoxy) is 1. The Labute approximate surface area is 198 Å². The molecule has 0 saturated carbocycles. The molecule has 33 heavy (non-hydrogen) atoms. The summed E-state index contributed by atoms with van der Waals surface area (Å²) in [6, 6.07) is 11.1. The molecule has 1 saturated heterocycles. The number of amides is 3. The third-order valence-electron chi connectivity index (χ3n) is 6.22. The summed E-state index contributed by atoms with van der Waals surface area (Å²) in [6.45, 7) is 8.66. The van der Waals surface area contributed by atoms with Crippen molar-refractivity contribution in [2.24, 2.45) is 5.92 Å². The van der Waals surface area contributed by atoms with Crippen LogP contribution in [0.25, 0.3) is 0 Å². The molecule has 1 aromatic heterocycles. The van der Waals surface area contributed by atoms with Crippen molar-refractivity contribution >= 4 is 29.2 Å². The van der Waals surface area contributed by atoms with Crippen LogP contribution in [0, 0.1) is 5.92 Å². The van der Waals surface area contributed by atoms with Gasteiger partial charge >= 0.3 is 6.09 Å². The van der Waals surface area contributed by atoms with Gasteiger partial charge in [-0.3, -0.25) is 9.59 Å². The van der Waals surface area contributed by atoms with E-state index in [2.05, 4.69) is 13.8 Å². The van der Waals surface area contributed by atoms with Crippen LogP contribution < -0.4 is 0 Å². The minimum Gasteiger partial charge on any atom is -0.450 e. The largest absolute Gasteiger partial charge is 0.450 e. The van der Waals surface area contributed by atoms with Crippen LogP contribution in [-0.4, -0.2) is 71.9 Å². The molecule has 2 aliphatic rings. The van der Waals surface area contributed by atoms with Crippen molar-refractivity contribution in [1.82, 2.24) is 14.7 Å². The van der Waals surface area contributed by atoms with Crippen LogP contribution in [0.4, 0.5) is 4.79 Å². The first-order chi connectivity index (χ1) is 15.9. The zero-order valence-corrected chi connectivity index (χ0v) is 20.2. The standard InChI is InChI=1S/C25H31N3O4S/c1-4-32-25(31)27-13-11-26(12-14-27)24(30)21-18-8-5-6-9-19(18)23(29)28(16-17(2)3)22(21)20-10-7-15-33-20/h5-10,15,17,21-22H,4,11-14,16H2,1-3H3. The lowest BCUT2D eigenvalue weighted by Crippen LogP contribution is -2.54. The molecular formula is C25H31N3O4S. The van der Waals surface area contributed by atoms with E-state index in [0.717, 1.165) is 10.4 Å². The smallest absolute Gasteiger partial charge is 0.409 e. The second-order valence-corrected chi connectivity index (χ2v) is 9.87. The minimum absolute atomic E-state index is 0.00520. The van der Waals surface area contributed by atoms with E-state index in [1.165, 1.54) is 0 Å². The molecule has 1 fully saturated rings. The van der Waals surface area contributed by atoms with Crippen LogP contribution in [-0.2, 0) is 9.53 Å². The molecule has 2 aliphatic heterocycles. The van der Waals surface area contributed by atoms with Gasteiger partial charge in [0.05, 0.1) is 18.6 Å². The summed E-state index contributed by atoms with van der Waals surface area (Å²) in [7, 11) is 0. The van der Waals surface area contributed by atoms with Gasteiger partial charge in [0.2, 0.25) is 5.91 Å². The zero-order chi connectivity index (χ0) is 23.5. The molecule has 0 aliphatic carbocycles. The molecule has 2 unspecified atom stereocenters. The van der Waals surface area contributed by atoms with Crippen LogP contribution in [0.5, 0.6) is 0 Å². The lowest BCUT2D eigenvalue weighted by Gasteiger charge is -2.44. The monoisotopic (exact) mass is 469 g/mol. The van der Waals surface area contributed by atoms with Gasteiger partial charge in [-0.2, -0.15) is 0 Å². The first-order valence-corrected chi connectivity index (χ1v) is 12.4. The summed E-state index contributed by atoms with van der Waals surface area (Å²) in [5.41, 5.74) is 1.40. The van der Waals surface area contributed by atoms with Gasteiger partial charge in [0.25, 0.3) is 5.91 Å². The molecule has 0 radical (unpaired) electrons. The fourth-order valence-electron chi connectivity index (χ4n) is 4.75. The minimum atomic E-state index is -0.481. The fourth-order valence-corrected chi connectivity index (χ4v) is 5.62. The van der Waals surface area contributed by atoms with Crippen LogP contribution in [0.15, 0.2) is 41.8 Å². The highest BCUT2D eigenvalue weighted by Crippen LogP contribution is 2.45. The quantitative estimate of drug-likeness (QED) is 0.664. The van der Waals surface area contributed by atoms with Gasteiger partial charge in [0, 0.05) is 43.2 Å². The van der Waals surface area contributed by atoms with E-state index in [4.69, 9.17) is 4.74 Å². The van der Waals surface area contributed by atoms with E-state index in [1.54, 1.807) is 23.2 Å². The molecule has 8 heteroatoms. The van der Waals surface area contributed by atoms with E-state index in [9.17, 15) is 14.4 Å². The van der Waals surface area contributed by atoms with Gasteiger partial charge in [-0.1, -0.05) is 38.1 Å². The molecule has 3 amide bonds. The van der Waals surface area contributed by atoms with Gasteiger partial charge in [0.1, 0.15) is 0 Å². The average Bonchev–Trinajstić information content (AvgIpc) is 3.35. The van der Waals surface area contributed by atoms with E-state index in [0.29, 0.717) is 44.9 Å². The Morgan fingerprint density at radius 1 is 1.06 bits per heavy atom. The highest BCUT2D eigenvalue weighted by atomic mass is 32.1. The third-order valence-corrected chi connectivity index (χ3v) is 7.16. The topological polar surface area (TPSA) is 70.2 Å². The van der Waals surface area contributed by atoms with Gasteiger partial charge in [0.15, 0.2) is 0 Å². The third kappa shape index (κ3) is 4.62. The first-order valence-electron chi connectivity index (χ1n) is 11.6. The van der Waals surface area contributed by atoms with E-state index >= 15 is 0 Å². The van der Waals surface area contributed by atoms with Gasteiger partial charge < -0.3 is 19.4 Å². The van der Waals surface area contributed by atoms with Crippen LogP contribution in [0.3, 0.4) is 0 Å². The van der Waals surface area contributed by atoms with E-state index < -0.39 is 5.92 Å². The van der Waals surface area contributed by atoms with Crippen LogP contribution in [0.2, 0.25) is 0 Å². The molecule has 0 N–H and O–H groups in total. The van der Waals surface area contributed by atoms with Crippen molar-refractivity contribution in [1.29, 1.82) is 0 Å². The number of piperazine rings is 1. The predicted octanol–water partition coefficient (Wildman–Crippen LogP) is 3.99. The molecule has 0 spiro atoms. The Morgan fingerprint density at radius 3 is 2.39 bits per heavy atom. The number of rotatable bonds is 5. The van der Waals surface area contributed by atoms with Crippen molar-refractivity contribution in [3.8, 4) is 0 Å². The molecule has 4 rings (SSSR count). The Morgan fingerprint density at radius 2 is 1.76 bits per heavy atom. The van der Waals surface area contributed by atoms with Crippen molar-refractivity contribution < 1.29 is 19.1 Å². The molecule has 7 nitrogen and oxygen atoms in total. The summed E-state index contributed by atoms with van der Waals surface area (Å²) in [5.74, 6) is -0.226. The fraction of sp³-hybridized carbons (Fsp3) is 0.480. The summed E-state index contributed by atoms with van der Waals surface area (Å²) in [4.78, 5) is 46.0. The zero-order valence-electron chi connectivity index (χ0n) is 19.4. The number of fused-ring (bicyclic) bond motifs is 1. The van der Waals surface area contributed by atoms with Crippen molar-refractivity contribution in [3.63, 3.8) is 0 Å². The van der Waals surface area contributed by atoms with Gasteiger partial charge in [-0.25, -0.2) is 4.79 Å². The highest BCUT2D eigenvalue weighted by Gasteiger charge is 2.46. The molecule has 3 heterocycles. The summed E-state index contributed by atoms with van der Waals surface area (Å²) >= 11 is 1.58. The number of benzene rings is 1. The number of hydrogen-bond acceptors (Lipinski definition) is 5. The first kappa shape index (κ1) is 23.3. The second kappa shape index (κ2) is 9.95. The molecule has 0 bridgehead atoms. The van der Waals surface area contributed by atoms with Crippen molar-refractivity contribution in [2.75, 3.05) is 39.3 Å². The maximum absolute atomic E-state index is 14.0. The summed E-state index contributed by atoms with van der Waals surface area (Å²) in [5, 5.41) is 1.99. The average molecular weight is 470 g/mol. The van der Waals surface area contributed by atoms with Crippen molar-refractivity contribution in [3.05, 3.63) is 57.8 Å². The van der Waals surface area contributed by atoms with Crippen LogP contribution >= 0.6 is 11.3 Å². The Balaban J connectivity index is 1.68. The number of thiophene rings is 1. The number of carbonyl (C=O) groups excluding carboxylic acids is 3. The normalized spacial score (nSPS) is 20.7. The Kier molecular flexibility index (Phi) is 7.02. The van der Waals surface area contributed by atoms with E-state index in [1.807, 2.05) is 51.6 Å². The Hall–Kier alpha value is -2.87. The lowest BCUT2D eigenvalue weighted by molar-refractivity contribution is -0.136. The van der Waals surface area contributed by atoms with Crippen molar-refractivity contribution in [2.45, 2.75) is 32.7 Å². The van der Waals surface area contributed by atoms with Crippen LogP contribution in [0.1, 0.15) is 53.5 Å². The summed E-state index contributed by atoms with van der Waals surface area (Å²) < 4.78 is 5.11. The SMILES string of the molecule is CCOC(=O)N1CCN(C(=O)C2c3ccccc3C(=O)N(CC(C)C)C2c2cccs2)CC1. The maximum atomic E-state index is 14.0. The number of hydrogen-bond donors (Lipinski definition) is 0. The maximum Gasteiger partial charge on any atom is 0.409 e. The molecule has 1 aromatic carbocycles. The van der Waals surface area contributed by atoms with Gasteiger partial charge in [-0.15, -0.1) is 11.3 Å². The Bertz CT molecular complexity index is 999. The molecule has 2 atom stereocenters. The summed E-state index contributed by atoms with van der Waals surface area (Å²) in [6.07, 6.45) is -0.335. The second-order valence-electron chi connectivity index (χ2n) is 8.89. The van der Waals surface area contributed by atoms with Gasteiger partial charge in [-0.05, 0) is 35.9 Å². The predicted molar refractivity (Wildman–Crippen MR) is 127 cm³/mol.